The normalized spacial score (nSPS) is 30.5. The van der Waals surface area contributed by atoms with Crippen molar-refractivity contribution < 1.29 is 5.11 Å². The summed E-state index contributed by atoms with van der Waals surface area (Å²) in [5.74, 6) is 0.224. The summed E-state index contributed by atoms with van der Waals surface area (Å²) in [5, 5.41) is 12.3. The number of nitrogens with zero attached hydrogens (tertiary/aromatic N) is 1. The SMILES string of the molecule is CN1CCC2C(C1)Sc1ccccc1C2(O)c1ccc(N)cc1. The van der Waals surface area contributed by atoms with Crippen LogP contribution in [0.5, 0.6) is 0 Å². The summed E-state index contributed by atoms with van der Waals surface area (Å²) in [5.41, 5.74) is 7.65. The molecule has 0 radical (unpaired) electrons. The standard InChI is InChI=1S/C19H22N2OS/c1-21-11-10-16-18(12-21)23-17-5-3-2-4-15(17)19(16,22)13-6-8-14(20)9-7-13/h2-9,16,18,22H,10-12,20H2,1H3. The van der Waals surface area contributed by atoms with E-state index in [0.717, 1.165) is 36.3 Å². The van der Waals surface area contributed by atoms with Crippen molar-refractivity contribution in [1.29, 1.82) is 0 Å². The molecule has 2 aliphatic rings. The van der Waals surface area contributed by atoms with Gasteiger partial charge in [-0.15, -0.1) is 11.8 Å². The van der Waals surface area contributed by atoms with Crippen molar-refractivity contribution in [1.82, 2.24) is 4.90 Å². The Hall–Kier alpha value is -1.49. The van der Waals surface area contributed by atoms with Crippen LogP contribution in [0, 0.1) is 5.92 Å². The number of anilines is 1. The fraction of sp³-hybridized carbons (Fsp3) is 0.368. The summed E-state index contributed by atoms with van der Waals surface area (Å²) in [6.07, 6.45) is 1.00. The van der Waals surface area contributed by atoms with E-state index in [-0.39, 0.29) is 5.92 Å². The average molecular weight is 326 g/mol. The number of nitrogen functional groups attached to an aromatic ring is 1. The van der Waals surface area contributed by atoms with Crippen molar-refractivity contribution in [3.8, 4) is 0 Å². The van der Waals surface area contributed by atoms with Crippen molar-refractivity contribution in [2.75, 3.05) is 25.9 Å². The van der Waals surface area contributed by atoms with Crippen LogP contribution in [-0.4, -0.2) is 35.4 Å². The van der Waals surface area contributed by atoms with Gasteiger partial charge in [-0.3, -0.25) is 0 Å². The fourth-order valence-corrected chi connectivity index (χ4v) is 5.68. The number of aliphatic hydroxyl groups is 1. The zero-order valence-corrected chi connectivity index (χ0v) is 14.1. The lowest BCUT2D eigenvalue weighted by molar-refractivity contribution is -0.0123. The van der Waals surface area contributed by atoms with Crippen LogP contribution in [0.4, 0.5) is 5.69 Å². The van der Waals surface area contributed by atoms with E-state index in [4.69, 9.17) is 5.73 Å². The Labute approximate surface area is 141 Å². The maximum absolute atomic E-state index is 11.9. The zero-order chi connectivity index (χ0) is 16.0. The number of thioether (sulfide) groups is 1. The van der Waals surface area contributed by atoms with E-state index < -0.39 is 5.60 Å². The number of hydrogen-bond donors (Lipinski definition) is 2. The molecule has 0 spiro atoms. The van der Waals surface area contributed by atoms with E-state index in [9.17, 15) is 5.11 Å². The first-order valence-electron chi connectivity index (χ1n) is 8.12. The third-order valence-electron chi connectivity index (χ3n) is 5.23. The van der Waals surface area contributed by atoms with Crippen LogP contribution in [0.25, 0.3) is 0 Å². The number of likely N-dealkylation sites (tertiary alicyclic amines) is 1. The first-order valence-corrected chi connectivity index (χ1v) is 9.00. The van der Waals surface area contributed by atoms with Gasteiger partial charge in [-0.05, 0) is 43.8 Å². The number of benzene rings is 2. The molecule has 4 rings (SSSR count). The minimum absolute atomic E-state index is 0.224. The first kappa shape index (κ1) is 15.1. The Morgan fingerprint density at radius 2 is 1.91 bits per heavy atom. The lowest BCUT2D eigenvalue weighted by atomic mass is 9.71. The van der Waals surface area contributed by atoms with Crippen LogP contribution in [0.15, 0.2) is 53.4 Å². The van der Waals surface area contributed by atoms with Gasteiger partial charge in [-0.1, -0.05) is 30.3 Å². The number of piperidine rings is 1. The predicted molar refractivity (Wildman–Crippen MR) is 95.5 cm³/mol. The van der Waals surface area contributed by atoms with Gasteiger partial charge in [0.25, 0.3) is 0 Å². The van der Waals surface area contributed by atoms with Gasteiger partial charge in [-0.25, -0.2) is 0 Å². The van der Waals surface area contributed by atoms with Crippen LogP contribution < -0.4 is 5.73 Å². The molecular formula is C19H22N2OS. The second-order valence-corrected chi connectivity index (χ2v) is 7.98. The molecule has 2 aromatic carbocycles. The predicted octanol–water partition coefficient (Wildman–Crippen LogP) is 2.93. The van der Waals surface area contributed by atoms with Crippen LogP contribution in [0.1, 0.15) is 17.5 Å². The second kappa shape index (κ2) is 5.55. The summed E-state index contributed by atoms with van der Waals surface area (Å²) in [4.78, 5) is 3.56. The molecule has 3 N–H and O–H groups in total. The van der Waals surface area contributed by atoms with Crippen molar-refractivity contribution in [2.45, 2.75) is 22.2 Å². The van der Waals surface area contributed by atoms with E-state index in [1.165, 1.54) is 4.90 Å². The molecule has 120 valence electrons. The van der Waals surface area contributed by atoms with Crippen LogP contribution in [0.3, 0.4) is 0 Å². The van der Waals surface area contributed by atoms with Crippen LogP contribution in [-0.2, 0) is 5.60 Å². The van der Waals surface area contributed by atoms with Crippen LogP contribution >= 0.6 is 11.8 Å². The maximum atomic E-state index is 11.9. The van der Waals surface area contributed by atoms with Gasteiger partial charge in [0.2, 0.25) is 0 Å². The lowest BCUT2D eigenvalue weighted by Crippen LogP contribution is -2.52. The molecule has 23 heavy (non-hydrogen) atoms. The molecule has 2 aliphatic heterocycles. The Kier molecular flexibility index (Phi) is 3.63. The molecule has 1 saturated heterocycles. The van der Waals surface area contributed by atoms with E-state index in [0.29, 0.717) is 5.25 Å². The molecule has 0 bridgehead atoms. The smallest absolute Gasteiger partial charge is 0.120 e. The summed E-state index contributed by atoms with van der Waals surface area (Å²) >= 11 is 1.92. The molecule has 2 aromatic rings. The van der Waals surface area contributed by atoms with Crippen molar-refractivity contribution >= 4 is 17.4 Å². The van der Waals surface area contributed by atoms with Gasteiger partial charge in [0.05, 0.1) is 0 Å². The molecule has 3 atom stereocenters. The van der Waals surface area contributed by atoms with Crippen molar-refractivity contribution in [2.24, 2.45) is 5.92 Å². The Balaban J connectivity index is 1.88. The molecule has 0 amide bonds. The summed E-state index contributed by atoms with van der Waals surface area (Å²) in [6.45, 7) is 2.04. The Morgan fingerprint density at radius 3 is 2.70 bits per heavy atom. The van der Waals surface area contributed by atoms with Gasteiger partial charge in [-0.2, -0.15) is 0 Å². The largest absolute Gasteiger partial charge is 0.399 e. The summed E-state index contributed by atoms with van der Waals surface area (Å²) < 4.78 is 0. The van der Waals surface area contributed by atoms with E-state index >= 15 is 0 Å². The maximum Gasteiger partial charge on any atom is 0.120 e. The number of rotatable bonds is 1. The molecule has 2 heterocycles. The molecule has 3 nitrogen and oxygen atoms in total. The third kappa shape index (κ3) is 2.36. The monoisotopic (exact) mass is 326 g/mol. The first-order chi connectivity index (χ1) is 11.1. The third-order valence-corrected chi connectivity index (χ3v) is 6.62. The molecule has 0 saturated carbocycles. The topological polar surface area (TPSA) is 49.5 Å². The van der Waals surface area contributed by atoms with Gasteiger partial charge in [0.15, 0.2) is 0 Å². The van der Waals surface area contributed by atoms with Crippen molar-refractivity contribution in [3.63, 3.8) is 0 Å². The van der Waals surface area contributed by atoms with Gasteiger partial charge < -0.3 is 15.7 Å². The quantitative estimate of drug-likeness (QED) is 0.791. The summed E-state index contributed by atoms with van der Waals surface area (Å²) in [6, 6.07) is 16.0. The molecule has 3 unspecified atom stereocenters. The molecular weight excluding hydrogens is 304 g/mol. The van der Waals surface area contributed by atoms with E-state index in [1.807, 2.05) is 42.1 Å². The molecule has 1 fully saturated rings. The highest BCUT2D eigenvalue weighted by atomic mass is 32.2. The minimum Gasteiger partial charge on any atom is -0.399 e. The van der Waals surface area contributed by atoms with Gasteiger partial charge >= 0.3 is 0 Å². The highest BCUT2D eigenvalue weighted by molar-refractivity contribution is 8.00. The number of fused-ring (bicyclic) bond motifs is 2. The molecule has 4 heteroatoms. The Morgan fingerprint density at radius 1 is 1.17 bits per heavy atom. The van der Waals surface area contributed by atoms with Crippen LogP contribution in [0.2, 0.25) is 0 Å². The van der Waals surface area contributed by atoms with Gasteiger partial charge in [0, 0.05) is 33.9 Å². The fourth-order valence-electron chi connectivity index (χ4n) is 4.02. The highest BCUT2D eigenvalue weighted by Crippen LogP contribution is 2.53. The average Bonchev–Trinajstić information content (AvgIpc) is 2.55. The molecule has 0 aromatic heterocycles. The molecule has 0 aliphatic carbocycles. The van der Waals surface area contributed by atoms with E-state index in [2.05, 4.69) is 30.1 Å². The Bertz CT molecular complexity index is 718. The number of hydrogen-bond acceptors (Lipinski definition) is 4. The zero-order valence-electron chi connectivity index (χ0n) is 13.3. The minimum atomic E-state index is -0.929. The number of nitrogens with two attached hydrogens (primary N) is 1. The van der Waals surface area contributed by atoms with Crippen molar-refractivity contribution in [3.05, 3.63) is 59.7 Å². The highest BCUT2D eigenvalue weighted by Gasteiger charge is 2.50. The van der Waals surface area contributed by atoms with E-state index in [1.54, 1.807) is 0 Å². The second-order valence-electron chi connectivity index (χ2n) is 6.70. The lowest BCUT2D eigenvalue weighted by Gasteiger charge is -2.49. The summed E-state index contributed by atoms with van der Waals surface area (Å²) in [7, 11) is 2.17. The van der Waals surface area contributed by atoms with Gasteiger partial charge in [0.1, 0.15) is 5.60 Å².